The van der Waals surface area contributed by atoms with Crippen LogP contribution < -0.4 is 10.1 Å². The van der Waals surface area contributed by atoms with Crippen molar-refractivity contribution >= 4 is 11.6 Å². The molecule has 0 aromatic carbocycles. The van der Waals surface area contributed by atoms with Gasteiger partial charge in [-0.05, 0) is 12.6 Å². The van der Waals surface area contributed by atoms with Gasteiger partial charge in [-0.3, -0.25) is 4.98 Å². The van der Waals surface area contributed by atoms with Gasteiger partial charge in [0.1, 0.15) is 12.4 Å². The molecular formula is C10H13ClN2O. The normalized spacial score (nSPS) is 9.86. The highest BCUT2D eigenvalue weighted by atomic mass is 35.5. The third-order valence-corrected chi connectivity index (χ3v) is 1.76. The van der Waals surface area contributed by atoms with Crippen LogP contribution in [0.3, 0.4) is 0 Å². The van der Waals surface area contributed by atoms with E-state index in [1.54, 1.807) is 18.5 Å². The van der Waals surface area contributed by atoms with Crippen LogP contribution in [0.25, 0.3) is 0 Å². The van der Waals surface area contributed by atoms with E-state index in [0.717, 1.165) is 12.1 Å². The second-order valence-electron chi connectivity index (χ2n) is 2.91. The Labute approximate surface area is 88.8 Å². The third kappa shape index (κ3) is 3.77. The Bertz CT molecular complexity index is 315. The molecule has 1 heterocycles. The number of hydrogen-bond donors (Lipinski definition) is 1. The van der Waals surface area contributed by atoms with Crippen molar-refractivity contribution < 1.29 is 4.74 Å². The average molecular weight is 213 g/mol. The number of hydrogen-bond acceptors (Lipinski definition) is 3. The van der Waals surface area contributed by atoms with Crippen LogP contribution in [0.15, 0.2) is 30.6 Å². The minimum atomic E-state index is 0.475. The van der Waals surface area contributed by atoms with E-state index in [-0.39, 0.29) is 0 Å². The van der Waals surface area contributed by atoms with E-state index in [9.17, 15) is 0 Å². The second kappa shape index (κ2) is 5.62. The van der Waals surface area contributed by atoms with Crippen molar-refractivity contribution in [2.45, 2.75) is 0 Å². The van der Waals surface area contributed by atoms with Crippen LogP contribution in [-0.4, -0.2) is 25.2 Å². The highest BCUT2D eigenvalue weighted by Crippen LogP contribution is 2.15. The van der Waals surface area contributed by atoms with Gasteiger partial charge in [0.05, 0.1) is 11.2 Å². The fourth-order valence-electron chi connectivity index (χ4n) is 0.958. The predicted octanol–water partition coefficient (Wildman–Crippen LogP) is 1.89. The Balaban J connectivity index is 2.41. The number of ether oxygens (including phenoxy) is 1. The minimum Gasteiger partial charge on any atom is -0.488 e. The van der Waals surface area contributed by atoms with E-state index < -0.39 is 0 Å². The summed E-state index contributed by atoms with van der Waals surface area (Å²) in [6, 6.07) is 1.72. The lowest BCUT2D eigenvalue weighted by molar-refractivity contribution is 0.348. The fraction of sp³-hybridized carbons (Fsp3) is 0.300. The first-order valence-electron chi connectivity index (χ1n) is 4.27. The van der Waals surface area contributed by atoms with Crippen LogP contribution in [0.2, 0.25) is 5.02 Å². The summed E-state index contributed by atoms with van der Waals surface area (Å²) < 4.78 is 5.41. The molecule has 0 aliphatic carbocycles. The van der Waals surface area contributed by atoms with E-state index in [1.165, 1.54) is 0 Å². The summed E-state index contributed by atoms with van der Waals surface area (Å²) in [6.07, 6.45) is 3.19. The molecule has 1 aromatic heterocycles. The van der Waals surface area contributed by atoms with E-state index in [1.807, 2.05) is 7.05 Å². The molecule has 0 aliphatic heterocycles. The van der Waals surface area contributed by atoms with Gasteiger partial charge in [-0.25, -0.2) is 0 Å². The molecule has 14 heavy (non-hydrogen) atoms. The molecule has 1 N–H and O–H groups in total. The van der Waals surface area contributed by atoms with Gasteiger partial charge in [-0.15, -0.1) is 0 Å². The van der Waals surface area contributed by atoms with Crippen molar-refractivity contribution in [1.29, 1.82) is 0 Å². The molecule has 0 saturated carbocycles. The topological polar surface area (TPSA) is 34.1 Å². The molecule has 0 unspecified atom stereocenters. The lowest BCUT2D eigenvalue weighted by Crippen LogP contribution is -2.14. The van der Waals surface area contributed by atoms with Gasteiger partial charge in [0.2, 0.25) is 0 Å². The van der Waals surface area contributed by atoms with E-state index >= 15 is 0 Å². The van der Waals surface area contributed by atoms with E-state index in [2.05, 4.69) is 16.9 Å². The maximum atomic E-state index is 5.74. The standard InChI is InChI=1S/C10H13ClN2O/c1-8(4-12-2)7-14-10-3-9(11)5-13-6-10/h3,5-6,12H,1,4,7H2,2H3. The Morgan fingerprint density at radius 2 is 2.43 bits per heavy atom. The van der Waals surface area contributed by atoms with Gasteiger partial charge in [0.25, 0.3) is 0 Å². The SMILES string of the molecule is C=C(CNC)COc1cncc(Cl)c1. The molecule has 0 atom stereocenters. The van der Waals surface area contributed by atoms with Gasteiger partial charge in [0.15, 0.2) is 0 Å². The number of aromatic nitrogens is 1. The molecule has 0 saturated heterocycles. The van der Waals surface area contributed by atoms with Crippen molar-refractivity contribution in [3.05, 3.63) is 35.6 Å². The van der Waals surface area contributed by atoms with E-state index in [4.69, 9.17) is 16.3 Å². The summed E-state index contributed by atoms with van der Waals surface area (Å²) in [4.78, 5) is 3.91. The maximum Gasteiger partial charge on any atom is 0.139 e. The fourth-order valence-corrected chi connectivity index (χ4v) is 1.12. The zero-order valence-corrected chi connectivity index (χ0v) is 8.84. The number of nitrogens with zero attached hydrogens (tertiary/aromatic N) is 1. The zero-order valence-electron chi connectivity index (χ0n) is 8.09. The minimum absolute atomic E-state index is 0.475. The second-order valence-corrected chi connectivity index (χ2v) is 3.34. The summed E-state index contributed by atoms with van der Waals surface area (Å²) in [6.45, 7) is 5.06. The van der Waals surface area contributed by atoms with Crippen molar-refractivity contribution in [2.24, 2.45) is 0 Å². The smallest absolute Gasteiger partial charge is 0.139 e. The first-order chi connectivity index (χ1) is 6.72. The van der Waals surface area contributed by atoms with Gasteiger partial charge in [0, 0.05) is 18.8 Å². The largest absolute Gasteiger partial charge is 0.488 e. The maximum absolute atomic E-state index is 5.74. The Kier molecular flexibility index (Phi) is 4.43. The molecule has 3 nitrogen and oxygen atoms in total. The summed E-state index contributed by atoms with van der Waals surface area (Å²) in [5.74, 6) is 0.662. The summed E-state index contributed by atoms with van der Waals surface area (Å²) in [5.41, 5.74) is 0.979. The molecule has 1 rings (SSSR count). The van der Waals surface area contributed by atoms with Crippen LogP contribution in [0.1, 0.15) is 0 Å². The van der Waals surface area contributed by atoms with Gasteiger partial charge in [-0.1, -0.05) is 18.2 Å². The summed E-state index contributed by atoms with van der Waals surface area (Å²) in [5, 5.41) is 3.56. The van der Waals surface area contributed by atoms with Crippen molar-refractivity contribution in [3.8, 4) is 5.75 Å². The lowest BCUT2D eigenvalue weighted by Gasteiger charge is -2.07. The number of halogens is 1. The summed E-state index contributed by atoms with van der Waals surface area (Å²) in [7, 11) is 1.87. The van der Waals surface area contributed by atoms with Crippen LogP contribution in [0.4, 0.5) is 0 Å². The molecule has 0 spiro atoms. The highest BCUT2D eigenvalue weighted by molar-refractivity contribution is 6.30. The molecule has 76 valence electrons. The average Bonchev–Trinajstić information content (AvgIpc) is 2.15. The lowest BCUT2D eigenvalue weighted by atomic mass is 10.3. The van der Waals surface area contributed by atoms with Crippen molar-refractivity contribution in [3.63, 3.8) is 0 Å². The Morgan fingerprint density at radius 1 is 1.64 bits per heavy atom. The molecule has 0 bridgehead atoms. The zero-order chi connectivity index (χ0) is 10.4. The Hall–Kier alpha value is -1.06. The van der Waals surface area contributed by atoms with Gasteiger partial charge < -0.3 is 10.1 Å². The number of nitrogens with one attached hydrogen (secondary N) is 1. The molecular weight excluding hydrogens is 200 g/mol. The molecule has 0 aliphatic rings. The molecule has 4 heteroatoms. The number of likely N-dealkylation sites (N-methyl/N-ethyl adjacent to an activating group) is 1. The molecule has 0 amide bonds. The number of pyridine rings is 1. The first-order valence-corrected chi connectivity index (χ1v) is 4.65. The van der Waals surface area contributed by atoms with Crippen LogP contribution >= 0.6 is 11.6 Å². The first kappa shape index (κ1) is 11.0. The van der Waals surface area contributed by atoms with Crippen molar-refractivity contribution in [2.75, 3.05) is 20.2 Å². The predicted molar refractivity (Wildman–Crippen MR) is 57.8 cm³/mol. The van der Waals surface area contributed by atoms with Crippen LogP contribution in [0.5, 0.6) is 5.75 Å². The van der Waals surface area contributed by atoms with Crippen LogP contribution in [-0.2, 0) is 0 Å². The molecule has 0 fully saturated rings. The monoisotopic (exact) mass is 212 g/mol. The van der Waals surface area contributed by atoms with Gasteiger partial charge >= 0.3 is 0 Å². The van der Waals surface area contributed by atoms with Gasteiger partial charge in [-0.2, -0.15) is 0 Å². The van der Waals surface area contributed by atoms with Crippen LogP contribution in [0, 0.1) is 0 Å². The third-order valence-electron chi connectivity index (χ3n) is 1.55. The van der Waals surface area contributed by atoms with E-state index in [0.29, 0.717) is 17.4 Å². The molecule has 1 aromatic rings. The number of rotatable bonds is 5. The van der Waals surface area contributed by atoms with Crippen molar-refractivity contribution in [1.82, 2.24) is 10.3 Å². The Morgan fingerprint density at radius 3 is 3.07 bits per heavy atom. The molecule has 0 radical (unpaired) electrons. The highest BCUT2D eigenvalue weighted by Gasteiger charge is 1.97. The summed E-state index contributed by atoms with van der Waals surface area (Å²) >= 11 is 5.74. The quantitative estimate of drug-likeness (QED) is 0.757.